The van der Waals surface area contributed by atoms with Gasteiger partial charge in [-0.05, 0) is 36.2 Å². The fourth-order valence-electron chi connectivity index (χ4n) is 5.13. The normalized spacial score (nSPS) is 21.5. The molecule has 3 aromatic rings. The summed E-state index contributed by atoms with van der Waals surface area (Å²) in [6.07, 6.45) is 0.319. The van der Waals surface area contributed by atoms with E-state index in [1.54, 1.807) is 11.8 Å². The monoisotopic (exact) mass is 454 g/mol. The van der Waals surface area contributed by atoms with Crippen LogP contribution in [0.4, 0.5) is 0 Å². The fourth-order valence-corrected chi connectivity index (χ4v) is 5.26. The molecule has 0 N–H and O–H groups in total. The minimum atomic E-state index is -1.24. The van der Waals surface area contributed by atoms with Crippen LogP contribution in [0.15, 0.2) is 42.5 Å². The quantitative estimate of drug-likeness (QED) is 0.447. The molecule has 32 heavy (non-hydrogen) atoms. The molecule has 2 aromatic carbocycles. The highest BCUT2D eigenvalue weighted by Gasteiger charge is 2.52. The van der Waals surface area contributed by atoms with Crippen LogP contribution in [0.5, 0.6) is 11.5 Å². The van der Waals surface area contributed by atoms with Gasteiger partial charge in [-0.25, -0.2) is 4.79 Å². The molecule has 0 bridgehead atoms. The summed E-state index contributed by atoms with van der Waals surface area (Å²) < 4.78 is 18.3. The Labute approximate surface area is 190 Å². The summed E-state index contributed by atoms with van der Waals surface area (Å²) in [6, 6.07) is 13.1. The minimum Gasteiger partial charge on any atom is -0.467 e. The Kier molecular flexibility index (Phi) is 4.82. The Bertz CT molecular complexity index is 1250. The predicted octanol–water partition coefficient (Wildman–Crippen LogP) is 3.55. The minimum absolute atomic E-state index is 0.146. The summed E-state index contributed by atoms with van der Waals surface area (Å²) in [6.45, 7) is 1.89. The molecule has 2 aliphatic rings. The Morgan fingerprint density at radius 3 is 2.69 bits per heavy atom. The first-order valence-electron chi connectivity index (χ1n) is 10.3. The maximum Gasteiger partial charge on any atom is 0.331 e. The van der Waals surface area contributed by atoms with Gasteiger partial charge < -0.3 is 23.7 Å². The number of carbonyl (C=O) groups is 2. The fraction of sp³-hybridized carbons (Fsp3) is 0.333. The lowest BCUT2D eigenvalue weighted by atomic mass is 9.80. The van der Waals surface area contributed by atoms with Crippen LogP contribution in [0.1, 0.15) is 29.8 Å². The summed E-state index contributed by atoms with van der Waals surface area (Å²) in [5.74, 6) is 0.157. The highest BCUT2D eigenvalue weighted by Crippen LogP contribution is 2.48. The number of hydrogen-bond acceptors (Lipinski definition) is 5. The predicted molar refractivity (Wildman–Crippen MR) is 119 cm³/mol. The second-order valence-electron chi connectivity index (χ2n) is 8.29. The van der Waals surface area contributed by atoms with Gasteiger partial charge in [0.2, 0.25) is 12.7 Å². The van der Waals surface area contributed by atoms with Crippen molar-refractivity contribution >= 4 is 34.4 Å². The lowest BCUT2D eigenvalue weighted by Gasteiger charge is -2.47. The van der Waals surface area contributed by atoms with E-state index in [1.165, 1.54) is 7.11 Å². The third kappa shape index (κ3) is 2.80. The van der Waals surface area contributed by atoms with Crippen LogP contribution >= 0.6 is 11.6 Å². The van der Waals surface area contributed by atoms with E-state index in [0.29, 0.717) is 17.9 Å². The smallest absolute Gasteiger partial charge is 0.331 e. The van der Waals surface area contributed by atoms with Gasteiger partial charge in [0.05, 0.1) is 13.2 Å². The van der Waals surface area contributed by atoms with E-state index >= 15 is 0 Å². The molecule has 2 aliphatic heterocycles. The number of esters is 1. The van der Waals surface area contributed by atoms with Crippen molar-refractivity contribution in [3.63, 3.8) is 0 Å². The number of rotatable bonds is 3. The van der Waals surface area contributed by atoms with Crippen molar-refractivity contribution in [2.75, 3.05) is 19.8 Å². The zero-order valence-corrected chi connectivity index (χ0v) is 18.8. The number of halogens is 1. The van der Waals surface area contributed by atoms with Crippen LogP contribution in [0.25, 0.3) is 10.9 Å². The molecule has 0 saturated carbocycles. The Morgan fingerprint density at radius 2 is 1.94 bits per heavy atom. The highest BCUT2D eigenvalue weighted by atomic mass is 35.5. The lowest BCUT2D eigenvalue weighted by molar-refractivity contribution is -0.163. The van der Waals surface area contributed by atoms with Gasteiger partial charge in [-0.2, -0.15) is 0 Å². The van der Waals surface area contributed by atoms with Crippen LogP contribution in [0.2, 0.25) is 0 Å². The highest BCUT2D eigenvalue weighted by molar-refractivity contribution is 6.27. The van der Waals surface area contributed by atoms with E-state index in [2.05, 4.69) is 4.57 Å². The molecule has 0 unspecified atom stereocenters. The van der Waals surface area contributed by atoms with Gasteiger partial charge in [0.15, 0.2) is 11.5 Å². The first-order chi connectivity index (χ1) is 15.4. The number of para-hydroxylation sites is 1. The SMILES string of the molecule is COC(=O)[C@@]1(C)Cc2c(n(C)c3ccccc23)[C@@H](c2ccc3c(c2)OCO3)N1C(=O)CCl. The van der Waals surface area contributed by atoms with Crippen LogP contribution in [-0.2, 0) is 27.8 Å². The van der Waals surface area contributed by atoms with Crippen molar-refractivity contribution in [1.29, 1.82) is 0 Å². The number of fused-ring (bicyclic) bond motifs is 4. The number of amides is 1. The van der Waals surface area contributed by atoms with Gasteiger partial charge >= 0.3 is 5.97 Å². The number of hydrogen-bond donors (Lipinski definition) is 0. The molecule has 2 atom stereocenters. The molecular weight excluding hydrogens is 432 g/mol. The van der Waals surface area contributed by atoms with Crippen LogP contribution in [0, 0.1) is 0 Å². The molecule has 166 valence electrons. The Morgan fingerprint density at radius 1 is 1.19 bits per heavy atom. The van der Waals surface area contributed by atoms with Crippen molar-refractivity contribution in [1.82, 2.24) is 9.47 Å². The number of carbonyl (C=O) groups excluding carboxylic acids is 2. The van der Waals surface area contributed by atoms with E-state index in [0.717, 1.165) is 27.7 Å². The number of benzene rings is 2. The summed E-state index contributed by atoms with van der Waals surface area (Å²) in [5.41, 5.74) is 2.53. The Hall–Kier alpha value is -3.19. The van der Waals surface area contributed by atoms with E-state index in [-0.39, 0.29) is 18.6 Å². The molecule has 8 heteroatoms. The lowest BCUT2D eigenvalue weighted by Crippen LogP contribution is -2.61. The van der Waals surface area contributed by atoms with Crippen molar-refractivity contribution in [3.8, 4) is 11.5 Å². The maximum absolute atomic E-state index is 13.3. The molecule has 0 spiro atoms. The van der Waals surface area contributed by atoms with Crippen molar-refractivity contribution in [3.05, 3.63) is 59.3 Å². The van der Waals surface area contributed by atoms with Gasteiger partial charge in [0.1, 0.15) is 11.4 Å². The zero-order chi connectivity index (χ0) is 22.6. The van der Waals surface area contributed by atoms with Crippen LogP contribution in [0.3, 0.4) is 0 Å². The molecule has 5 rings (SSSR count). The number of aryl methyl sites for hydroxylation is 1. The maximum atomic E-state index is 13.3. The number of ether oxygens (including phenoxy) is 3. The molecule has 0 fully saturated rings. The second-order valence-corrected chi connectivity index (χ2v) is 8.56. The van der Waals surface area contributed by atoms with Gasteiger partial charge in [-0.15, -0.1) is 11.6 Å². The first-order valence-corrected chi connectivity index (χ1v) is 10.9. The molecule has 1 aromatic heterocycles. The molecular formula is C24H23ClN2O5. The third-order valence-corrected chi connectivity index (χ3v) is 6.78. The summed E-state index contributed by atoms with van der Waals surface area (Å²) in [7, 11) is 3.32. The molecule has 0 aliphatic carbocycles. The number of aromatic nitrogens is 1. The zero-order valence-electron chi connectivity index (χ0n) is 18.1. The molecule has 3 heterocycles. The van der Waals surface area contributed by atoms with E-state index in [4.69, 9.17) is 25.8 Å². The van der Waals surface area contributed by atoms with Crippen molar-refractivity contribution in [2.24, 2.45) is 7.05 Å². The average molecular weight is 455 g/mol. The summed E-state index contributed by atoms with van der Waals surface area (Å²) in [4.78, 5) is 28.0. The number of methoxy groups -OCH3 is 1. The van der Waals surface area contributed by atoms with E-state index in [9.17, 15) is 9.59 Å². The number of nitrogens with zero attached hydrogens (tertiary/aromatic N) is 2. The molecule has 0 saturated heterocycles. The average Bonchev–Trinajstić information content (AvgIpc) is 3.39. The second kappa shape index (κ2) is 7.45. The van der Waals surface area contributed by atoms with Gasteiger partial charge in [-0.1, -0.05) is 24.3 Å². The van der Waals surface area contributed by atoms with Crippen LogP contribution < -0.4 is 9.47 Å². The van der Waals surface area contributed by atoms with E-state index < -0.39 is 17.6 Å². The topological polar surface area (TPSA) is 70.0 Å². The largest absolute Gasteiger partial charge is 0.467 e. The molecule has 1 amide bonds. The van der Waals surface area contributed by atoms with Gasteiger partial charge in [0, 0.05) is 30.1 Å². The molecule has 7 nitrogen and oxygen atoms in total. The number of alkyl halides is 1. The van der Waals surface area contributed by atoms with Crippen LogP contribution in [-0.4, -0.2) is 46.7 Å². The van der Waals surface area contributed by atoms with Gasteiger partial charge in [0.25, 0.3) is 0 Å². The van der Waals surface area contributed by atoms with Gasteiger partial charge in [-0.3, -0.25) is 4.79 Å². The summed E-state index contributed by atoms with van der Waals surface area (Å²) >= 11 is 6.06. The van der Waals surface area contributed by atoms with Crippen molar-refractivity contribution < 1.29 is 23.8 Å². The molecule has 0 radical (unpaired) electrons. The first kappa shape index (κ1) is 20.7. The Balaban J connectivity index is 1.83. The third-order valence-electron chi connectivity index (χ3n) is 6.55. The summed E-state index contributed by atoms with van der Waals surface area (Å²) in [5, 5.41) is 1.05. The standard InChI is InChI=1S/C24H23ClN2O5/c1-24(23(29)30-3)11-16-15-6-4-5-7-17(15)26(2)22(16)21(27(24)20(28)12-25)14-8-9-18-19(10-14)32-13-31-18/h4-10,21H,11-13H2,1-3H3/t21-,24-/m1/s1. The van der Waals surface area contributed by atoms with Crippen molar-refractivity contribution in [2.45, 2.75) is 24.9 Å². The van der Waals surface area contributed by atoms with E-state index in [1.807, 2.05) is 49.5 Å².